The quantitative estimate of drug-likeness (QED) is 0.763. The van der Waals surface area contributed by atoms with Crippen molar-refractivity contribution < 1.29 is 9.59 Å². The molecule has 2 atom stereocenters. The summed E-state index contributed by atoms with van der Waals surface area (Å²) in [5.41, 5.74) is 0.742. The number of carbonyl (C=O) groups excluding carboxylic acids is 2. The molecule has 6 heteroatoms. The van der Waals surface area contributed by atoms with Crippen LogP contribution >= 0.6 is 12.4 Å². The Balaban J connectivity index is 0.00000484. The van der Waals surface area contributed by atoms with E-state index in [0.717, 1.165) is 12.1 Å². The van der Waals surface area contributed by atoms with Crippen LogP contribution in [0.5, 0.6) is 0 Å². The fourth-order valence-electron chi connectivity index (χ4n) is 2.32. The molecule has 23 heavy (non-hydrogen) atoms. The highest BCUT2D eigenvalue weighted by atomic mass is 35.5. The molecule has 0 bridgehead atoms. The van der Waals surface area contributed by atoms with Crippen molar-refractivity contribution in [2.75, 3.05) is 25.5 Å². The van der Waals surface area contributed by atoms with E-state index in [1.165, 1.54) is 0 Å². The maximum Gasteiger partial charge on any atom is 0.246 e. The second kappa shape index (κ2) is 11.0. The molecule has 0 saturated heterocycles. The van der Waals surface area contributed by atoms with Crippen molar-refractivity contribution >= 4 is 29.9 Å². The summed E-state index contributed by atoms with van der Waals surface area (Å²) in [5, 5.41) is 5.86. The van der Waals surface area contributed by atoms with Crippen molar-refractivity contribution in [2.45, 2.75) is 33.2 Å². The highest BCUT2D eigenvalue weighted by molar-refractivity contribution is 5.97. The number of halogens is 1. The molecule has 130 valence electrons. The summed E-state index contributed by atoms with van der Waals surface area (Å²) in [6.07, 6.45) is 0.820. The molecule has 0 saturated carbocycles. The number of anilines is 1. The molecular formula is C17H28ClN3O2. The van der Waals surface area contributed by atoms with Gasteiger partial charge >= 0.3 is 0 Å². The fraction of sp³-hybridized carbons (Fsp3) is 0.529. The Bertz CT molecular complexity index is 482. The molecule has 0 aromatic heterocycles. The van der Waals surface area contributed by atoms with E-state index >= 15 is 0 Å². The molecule has 0 aliphatic heterocycles. The minimum atomic E-state index is -0.494. The SMILES string of the molecule is CCCN(C(=O)C(C)CNC)C(C)C(=O)Nc1ccccc1.Cl. The number of nitrogens with one attached hydrogen (secondary N) is 2. The molecule has 1 aromatic rings. The number of carbonyl (C=O) groups is 2. The summed E-state index contributed by atoms with van der Waals surface area (Å²) < 4.78 is 0. The lowest BCUT2D eigenvalue weighted by Gasteiger charge is -2.30. The molecule has 0 fully saturated rings. The van der Waals surface area contributed by atoms with Crippen LogP contribution in [-0.4, -0.2) is 42.9 Å². The molecule has 0 aliphatic rings. The van der Waals surface area contributed by atoms with Crippen LogP contribution in [0.4, 0.5) is 5.69 Å². The molecule has 0 spiro atoms. The normalized spacial score (nSPS) is 12.7. The Labute approximate surface area is 145 Å². The Kier molecular flexibility index (Phi) is 10.3. The number of benzene rings is 1. The van der Waals surface area contributed by atoms with Crippen LogP contribution in [0.2, 0.25) is 0 Å². The molecule has 2 N–H and O–H groups in total. The first kappa shape index (κ1) is 21.4. The Morgan fingerprint density at radius 3 is 2.30 bits per heavy atom. The van der Waals surface area contributed by atoms with Gasteiger partial charge in [-0.05, 0) is 32.5 Å². The van der Waals surface area contributed by atoms with E-state index in [4.69, 9.17) is 0 Å². The first-order valence-electron chi connectivity index (χ1n) is 7.82. The number of nitrogens with zero attached hydrogens (tertiary/aromatic N) is 1. The first-order chi connectivity index (χ1) is 10.5. The van der Waals surface area contributed by atoms with Crippen molar-refractivity contribution in [3.8, 4) is 0 Å². The Hall–Kier alpha value is -1.59. The standard InChI is InChI=1S/C17H27N3O2.ClH/c1-5-11-20(17(22)13(2)12-18-4)14(3)16(21)19-15-9-7-6-8-10-15;/h6-10,13-14,18H,5,11-12H2,1-4H3,(H,19,21);1H. The summed E-state index contributed by atoms with van der Waals surface area (Å²) in [6.45, 7) is 6.84. The van der Waals surface area contributed by atoms with Gasteiger partial charge in [0.25, 0.3) is 0 Å². The minimum Gasteiger partial charge on any atom is -0.331 e. The third-order valence-corrected chi connectivity index (χ3v) is 3.57. The smallest absolute Gasteiger partial charge is 0.246 e. The molecule has 0 aliphatic carbocycles. The van der Waals surface area contributed by atoms with E-state index in [1.54, 1.807) is 11.8 Å². The van der Waals surface area contributed by atoms with Crippen LogP contribution in [-0.2, 0) is 9.59 Å². The van der Waals surface area contributed by atoms with Gasteiger partial charge in [0.15, 0.2) is 0 Å². The predicted molar refractivity (Wildman–Crippen MR) is 96.9 cm³/mol. The zero-order valence-electron chi connectivity index (χ0n) is 14.3. The number of para-hydroxylation sites is 1. The summed E-state index contributed by atoms with van der Waals surface area (Å²) in [5.74, 6) is -0.305. The summed E-state index contributed by atoms with van der Waals surface area (Å²) in [4.78, 5) is 26.6. The molecule has 2 unspecified atom stereocenters. The van der Waals surface area contributed by atoms with Crippen LogP contribution < -0.4 is 10.6 Å². The van der Waals surface area contributed by atoms with Gasteiger partial charge < -0.3 is 15.5 Å². The predicted octanol–water partition coefficient (Wildman–Crippen LogP) is 2.53. The third-order valence-electron chi connectivity index (χ3n) is 3.57. The fourth-order valence-corrected chi connectivity index (χ4v) is 2.32. The van der Waals surface area contributed by atoms with Crippen molar-refractivity contribution in [3.05, 3.63) is 30.3 Å². The summed E-state index contributed by atoms with van der Waals surface area (Å²) in [6, 6.07) is 8.80. The molecule has 0 heterocycles. The van der Waals surface area contributed by atoms with E-state index in [1.807, 2.05) is 51.2 Å². The topological polar surface area (TPSA) is 61.4 Å². The van der Waals surface area contributed by atoms with E-state index in [9.17, 15) is 9.59 Å². The van der Waals surface area contributed by atoms with Gasteiger partial charge in [-0.15, -0.1) is 12.4 Å². The van der Waals surface area contributed by atoms with Gasteiger partial charge in [0.05, 0.1) is 0 Å². The largest absolute Gasteiger partial charge is 0.331 e. The molecular weight excluding hydrogens is 314 g/mol. The van der Waals surface area contributed by atoms with Gasteiger partial charge in [-0.1, -0.05) is 32.0 Å². The van der Waals surface area contributed by atoms with Crippen LogP contribution in [0.15, 0.2) is 30.3 Å². The zero-order valence-corrected chi connectivity index (χ0v) is 15.2. The number of rotatable bonds is 8. The van der Waals surface area contributed by atoms with Crippen LogP contribution in [0.25, 0.3) is 0 Å². The molecule has 0 radical (unpaired) electrons. The van der Waals surface area contributed by atoms with Crippen LogP contribution in [0, 0.1) is 5.92 Å². The van der Waals surface area contributed by atoms with E-state index < -0.39 is 6.04 Å². The van der Waals surface area contributed by atoms with Gasteiger partial charge in [-0.3, -0.25) is 9.59 Å². The van der Waals surface area contributed by atoms with Gasteiger partial charge in [-0.2, -0.15) is 0 Å². The maximum atomic E-state index is 12.5. The lowest BCUT2D eigenvalue weighted by Crippen LogP contribution is -2.49. The van der Waals surface area contributed by atoms with Crippen molar-refractivity contribution in [2.24, 2.45) is 5.92 Å². The van der Waals surface area contributed by atoms with Crippen LogP contribution in [0.3, 0.4) is 0 Å². The summed E-state index contributed by atoms with van der Waals surface area (Å²) >= 11 is 0. The van der Waals surface area contributed by atoms with Crippen molar-refractivity contribution in [1.82, 2.24) is 10.2 Å². The highest BCUT2D eigenvalue weighted by Gasteiger charge is 2.28. The molecule has 5 nitrogen and oxygen atoms in total. The number of hydrogen-bond acceptors (Lipinski definition) is 3. The molecule has 2 amide bonds. The molecule has 1 rings (SSSR count). The van der Waals surface area contributed by atoms with Gasteiger partial charge in [-0.25, -0.2) is 0 Å². The maximum absolute atomic E-state index is 12.5. The van der Waals surface area contributed by atoms with Gasteiger partial charge in [0.1, 0.15) is 6.04 Å². The van der Waals surface area contributed by atoms with Crippen LogP contribution in [0.1, 0.15) is 27.2 Å². The second-order valence-electron chi connectivity index (χ2n) is 5.52. The number of amides is 2. The van der Waals surface area contributed by atoms with Crippen molar-refractivity contribution in [3.63, 3.8) is 0 Å². The van der Waals surface area contributed by atoms with E-state index in [0.29, 0.717) is 13.1 Å². The van der Waals surface area contributed by atoms with Crippen molar-refractivity contribution in [1.29, 1.82) is 0 Å². The van der Waals surface area contributed by atoms with Gasteiger partial charge in [0.2, 0.25) is 11.8 Å². The Morgan fingerprint density at radius 2 is 1.78 bits per heavy atom. The van der Waals surface area contributed by atoms with E-state index in [2.05, 4.69) is 10.6 Å². The average molecular weight is 342 g/mol. The van der Waals surface area contributed by atoms with Gasteiger partial charge in [0, 0.05) is 24.7 Å². The minimum absolute atomic E-state index is 0. The summed E-state index contributed by atoms with van der Waals surface area (Å²) in [7, 11) is 1.82. The monoisotopic (exact) mass is 341 g/mol. The lowest BCUT2D eigenvalue weighted by atomic mass is 10.1. The highest BCUT2D eigenvalue weighted by Crippen LogP contribution is 2.11. The zero-order chi connectivity index (χ0) is 16.5. The molecule has 1 aromatic carbocycles. The first-order valence-corrected chi connectivity index (χ1v) is 7.82. The Morgan fingerprint density at radius 1 is 1.17 bits per heavy atom. The third kappa shape index (κ3) is 6.59. The van der Waals surface area contributed by atoms with E-state index in [-0.39, 0.29) is 30.1 Å². The average Bonchev–Trinajstić information content (AvgIpc) is 2.52. The second-order valence-corrected chi connectivity index (χ2v) is 5.52. The lowest BCUT2D eigenvalue weighted by molar-refractivity contribution is -0.141. The number of hydrogen-bond donors (Lipinski definition) is 2.